The number of carbonyl (C=O) groups is 1. The molecule has 0 heterocycles. The van der Waals surface area contributed by atoms with E-state index in [1.54, 1.807) is 18.2 Å². The highest BCUT2D eigenvalue weighted by Crippen LogP contribution is 2.23. The van der Waals surface area contributed by atoms with E-state index in [9.17, 15) is 4.79 Å². The number of hydrogen-bond donors (Lipinski definition) is 1. The summed E-state index contributed by atoms with van der Waals surface area (Å²) in [6.45, 7) is 3.16. The molecule has 2 aromatic rings. The fourth-order valence-electron chi connectivity index (χ4n) is 2.19. The second kappa shape index (κ2) is 8.82. The first-order valence-corrected chi connectivity index (χ1v) is 7.91. The molecule has 0 aliphatic rings. The van der Waals surface area contributed by atoms with Crippen molar-refractivity contribution in [2.45, 2.75) is 19.8 Å². The van der Waals surface area contributed by atoms with Crippen molar-refractivity contribution in [1.82, 2.24) is 0 Å². The van der Waals surface area contributed by atoms with E-state index in [1.165, 1.54) is 7.11 Å². The third-order valence-electron chi connectivity index (χ3n) is 3.58. The minimum Gasteiger partial charge on any atom is -0.493 e. The summed E-state index contributed by atoms with van der Waals surface area (Å²) in [6, 6.07) is 12.8. The first-order valence-electron chi connectivity index (χ1n) is 7.91. The molecular formula is C19H23NO4. The van der Waals surface area contributed by atoms with E-state index in [-0.39, 0.29) is 0 Å². The monoisotopic (exact) mass is 329 g/mol. The molecule has 128 valence electrons. The molecule has 2 rings (SSSR count). The summed E-state index contributed by atoms with van der Waals surface area (Å²) in [5.74, 6) is 0.998. The average molecular weight is 329 g/mol. The number of benzene rings is 2. The number of rotatable bonds is 8. The van der Waals surface area contributed by atoms with E-state index in [2.05, 4.69) is 4.74 Å². The number of para-hydroxylation sites is 1. The Balaban J connectivity index is 1.74. The molecule has 0 saturated carbocycles. The normalized spacial score (nSPS) is 10.2. The van der Waals surface area contributed by atoms with Crippen LogP contribution in [-0.4, -0.2) is 26.3 Å². The summed E-state index contributed by atoms with van der Waals surface area (Å²) in [5.41, 5.74) is 7.91. The van der Waals surface area contributed by atoms with E-state index in [4.69, 9.17) is 15.2 Å². The second-order valence-corrected chi connectivity index (χ2v) is 5.41. The molecule has 0 saturated heterocycles. The zero-order valence-corrected chi connectivity index (χ0v) is 14.1. The Hall–Kier alpha value is -2.69. The minimum absolute atomic E-state index is 0.411. The summed E-state index contributed by atoms with van der Waals surface area (Å²) in [5, 5.41) is 0. The van der Waals surface area contributed by atoms with Crippen LogP contribution in [0.15, 0.2) is 42.5 Å². The van der Waals surface area contributed by atoms with Gasteiger partial charge in [-0.25, -0.2) is 4.79 Å². The van der Waals surface area contributed by atoms with Crippen molar-refractivity contribution in [3.05, 3.63) is 53.6 Å². The molecule has 0 spiro atoms. The molecule has 0 atom stereocenters. The summed E-state index contributed by atoms with van der Waals surface area (Å²) in [7, 11) is 1.34. The maximum atomic E-state index is 11.5. The first-order chi connectivity index (χ1) is 11.6. The maximum Gasteiger partial charge on any atom is 0.337 e. The van der Waals surface area contributed by atoms with Crippen LogP contribution < -0.4 is 15.2 Å². The van der Waals surface area contributed by atoms with Gasteiger partial charge in [-0.1, -0.05) is 18.2 Å². The lowest BCUT2D eigenvalue weighted by molar-refractivity contribution is 0.0600. The maximum absolute atomic E-state index is 11.5. The Bertz CT molecular complexity index is 685. The number of nitrogens with two attached hydrogens (primary N) is 1. The minimum atomic E-state index is -0.411. The predicted molar refractivity (Wildman–Crippen MR) is 93.6 cm³/mol. The summed E-state index contributed by atoms with van der Waals surface area (Å²) in [6.07, 6.45) is 1.69. The Labute approximate surface area is 142 Å². The average Bonchev–Trinajstić information content (AvgIpc) is 2.60. The van der Waals surface area contributed by atoms with Gasteiger partial charge in [0.25, 0.3) is 0 Å². The third-order valence-corrected chi connectivity index (χ3v) is 3.58. The van der Waals surface area contributed by atoms with E-state index in [0.717, 1.165) is 24.2 Å². The molecule has 0 amide bonds. The number of anilines is 1. The zero-order valence-electron chi connectivity index (χ0n) is 14.1. The van der Waals surface area contributed by atoms with Crippen molar-refractivity contribution in [3.8, 4) is 11.5 Å². The molecule has 2 N–H and O–H groups in total. The van der Waals surface area contributed by atoms with Gasteiger partial charge in [0.05, 0.1) is 31.6 Å². The Kier molecular flexibility index (Phi) is 6.49. The van der Waals surface area contributed by atoms with E-state index >= 15 is 0 Å². The predicted octanol–water partition coefficient (Wildman–Crippen LogP) is 3.60. The summed E-state index contributed by atoms with van der Waals surface area (Å²) in [4.78, 5) is 11.5. The van der Waals surface area contributed by atoms with Crippen molar-refractivity contribution in [3.63, 3.8) is 0 Å². The van der Waals surface area contributed by atoms with Gasteiger partial charge in [0.2, 0.25) is 0 Å². The lowest BCUT2D eigenvalue weighted by Crippen LogP contribution is -2.06. The number of methoxy groups -OCH3 is 1. The Morgan fingerprint density at radius 2 is 1.67 bits per heavy atom. The van der Waals surface area contributed by atoms with Crippen molar-refractivity contribution < 1.29 is 19.0 Å². The standard InChI is InChI=1S/C19H23NO4/c1-14-7-3-4-8-17(14)23-11-5-6-12-24-18-13-15(19(21)22-2)9-10-16(18)20/h3-4,7-10,13H,5-6,11-12,20H2,1-2H3. The van der Waals surface area contributed by atoms with Crippen molar-refractivity contribution in [1.29, 1.82) is 0 Å². The summed E-state index contributed by atoms with van der Waals surface area (Å²) < 4.78 is 16.1. The Morgan fingerprint density at radius 1 is 1.00 bits per heavy atom. The van der Waals surface area contributed by atoms with Gasteiger partial charge in [-0.2, -0.15) is 0 Å². The lowest BCUT2D eigenvalue weighted by Gasteiger charge is -2.11. The molecule has 5 heteroatoms. The van der Waals surface area contributed by atoms with Gasteiger partial charge in [-0.3, -0.25) is 0 Å². The fraction of sp³-hybridized carbons (Fsp3) is 0.316. The highest BCUT2D eigenvalue weighted by Gasteiger charge is 2.09. The highest BCUT2D eigenvalue weighted by atomic mass is 16.5. The highest BCUT2D eigenvalue weighted by molar-refractivity contribution is 5.90. The smallest absolute Gasteiger partial charge is 0.337 e. The molecule has 0 bridgehead atoms. The molecule has 0 unspecified atom stereocenters. The molecule has 5 nitrogen and oxygen atoms in total. The molecule has 0 aliphatic heterocycles. The van der Waals surface area contributed by atoms with Gasteiger partial charge in [0, 0.05) is 0 Å². The van der Waals surface area contributed by atoms with Crippen molar-refractivity contribution in [2.24, 2.45) is 0 Å². The zero-order chi connectivity index (χ0) is 17.4. The first kappa shape index (κ1) is 17.7. The van der Waals surface area contributed by atoms with E-state index in [0.29, 0.717) is 30.2 Å². The van der Waals surface area contributed by atoms with Gasteiger partial charge in [0.15, 0.2) is 0 Å². The van der Waals surface area contributed by atoms with Gasteiger partial charge < -0.3 is 19.9 Å². The van der Waals surface area contributed by atoms with E-state index < -0.39 is 5.97 Å². The largest absolute Gasteiger partial charge is 0.493 e. The SMILES string of the molecule is COC(=O)c1ccc(N)c(OCCCCOc2ccccc2C)c1. The number of aryl methyl sites for hydroxylation is 1. The van der Waals surface area contributed by atoms with Crippen molar-refractivity contribution >= 4 is 11.7 Å². The second-order valence-electron chi connectivity index (χ2n) is 5.41. The van der Waals surface area contributed by atoms with Crippen LogP contribution in [-0.2, 0) is 4.74 Å². The van der Waals surface area contributed by atoms with Gasteiger partial charge in [-0.05, 0) is 49.6 Å². The van der Waals surface area contributed by atoms with Crippen LogP contribution in [0.5, 0.6) is 11.5 Å². The number of ether oxygens (including phenoxy) is 3. The number of esters is 1. The molecule has 0 aliphatic carbocycles. The molecule has 0 fully saturated rings. The van der Waals surface area contributed by atoms with Crippen LogP contribution in [0.2, 0.25) is 0 Å². The van der Waals surface area contributed by atoms with Gasteiger partial charge in [0.1, 0.15) is 11.5 Å². The number of unbranched alkanes of at least 4 members (excludes halogenated alkanes) is 1. The quantitative estimate of drug-likeness (QED) is 0.455. The van der Waals surface area contributed by atoms with Crippen LogP contribution in [0.25, 0.3) is 0 Å². The van der Waals surface area contributed by atoms with Crippen LogP contribution >= 0.6 is 0 Å². The van der Waals surface area contributed by atoms with Crippen LogP contribution in [0.4, 0.5) is 5.69 Å². The summed E-state index contributed by atoms with van der Waals surface area (Å²) >= 11 is 0. The molecule has 2 aromatic carbocycles. The fourth-order valence-corrected chi connectivity index (χ4v) is 2.19. The molecule has 24 heavy (non-hydrogen) atoms. The lowest BCUT2D eigenvalue weighted by atomic mass is 10.2. The molecule has 0 aromatic heterocycles. The number of carbonyl (C=O) groups excluding carboxylic acids is 1. The van der Waals surface area contributed by atoms with Gasteiger partial charge in [-0.15, -0.1) is 0 Å². The van der Waals surface area contributed by atoms with Crippen LogP contribution in [0.3, 0.4) is 0 Å². The van der Waals surface area contributed by atoms with E-state index in [1.807, 2.05) is 31.2 Å². The molecule has 0 radical (unpaired) electrons. The Morgan fingerprint density at radius 3 is 2.33 bits per heavy atom. The van der Waals surface area contributed by atoms with Crippen LogP contribution in [0, 0.1) is 6.92 Å². The van der Waals surface area contributed by atoms with Gasteiger partial charge >= 0.3 is 5.97 Å². The number of hydrogen-bond acceptors (Lipinski definition) is 5. The van der Waals surface area contributed by atoms with Crippen LogP contribution in [0.1, 0.15) is 28.8 Å². The topological polar surface area (TPSA) is 70.8 Å². The number of nitrogen functional groups attached to an aromatic ring is 1. The van der Waals surface area contributed by atoms with Crippen molar-refractivity contribution in [2.75, 3.05) is 26.1 Å². The third kappa shape index (κ3) is 4.91. The molecular weight excluding hydrogens is 306 g/mol.